The quantitative estimate of drug-likeness (QED) is 0.110. The predicted molar refractivity (Wildman–Crippen MR) is 156 cm³/mol. The number of hydrogen-bond donors (Lipinski definition) is 2. The van der Waals surface area contributed by atoms with Crippen molar-refractivity contribution in [2.75, 3.05) is 19.2 Å². The van der Waals surface area contributed by atoms with Gasteiger partial charge in [0.15, 0.2) is 23.0 Å². The molecular weight excluding hydrogens is 585 g/mol. The van der Waals surface area contributed by atoms with Gasteiger partial charge in [0.05, 0.1) is 29.5 Å². The fourth-order valence-electron chi connectivity index (χ4n) is 3.87. The summed E-state index contributed by atoms with van der Waals surface area (Å²) in [5.41, 5.74) is 4.17. The number of rotatable bonds is 8. The fraction of sp³-hybridized carbons (Fsp3) is 0.0667. The molecule has 12 heteroatoms. The minimum atomic E-state index is -0.602. The van der Waals surface area contributed by atoms with E-state index in [0.29, 0.717) is 27.8 Å². The molecule has 1 aliphatic heterocycles. The second-order valence-corrected chi connectivity index (χ2v) is 9.57. The topological polar surface area (TPSA) is 125 Å². The lowest BCUT2D eigenvalue weighted by molar-refractivity contribution is 0.0728. The number of halogens is 2. The van der Waals surface area contributed by atoms with E-state index in [0.717, 1.165) is 0 Å². The van der Waals surface area contributed by atoms with Crippen LogP contribution in [0.15, 0.2) is 84.0 Å². The summed E-state index contributed by atoms with van der Waals surface area (Å²) < 4.78 is 21.4. The van der Waals surface area contributed by atoms with Crippen LogP contribution in [-0.2, 0) is 0 Å². The second-order valence-electron chi connectivity index (χ2n) is 8.73. The lowest BCUT2D eigenvalue weighted by Gasteiger charge is -2.10. The average molecular weight is 606 g/mol. The van der Waals surface area contributed by atoms with Crippen molar-refractivity contribution < 1.29 is 33.3 Å². The Hall–Kier alpha value is -5.06. The van der Waals surface area contributed by atoms with Crippen LogP contribution in [0.25, 0.3) is 0 Å². The van der Waals surface area contributed by atoms with E-state index < -0.39 is 17.8 Å². The van der Waals surface area contributed by atoms with E-state index in [2.05, 4.69) is 15.8 Å². The molecule has 2 amide bonds. The van der Waals surface area contributed by atoms with Gasteiger partial charge < -0.3 is 24.3 Å². The standard InChI is InChI=1S/C30H21Cl2N3O7/c1-39-26-11-17(5-9-25(26)42-30(38)19-6-10-24-27(13-19)41-16-40-24)15-33-35-28(36)18-3-2-4-21(12-18)34-29(37)22-8-7-20(31)14-23(22)32/h2-15H,16H2,1H3,(H,34,37)(H,35,36). The number of fused-ring (bicyclic) bond motifs is 1. The van der Waals surface area contributed by atoms with E-state index >= 15 is 0 Å². The van der Waals surface area contributed by atoms with Gasteiger partial charge in [-0.05, 0) is 78.4 Å². The molecular formula is C30H21Cl2N3O7. The molecule has 10 nitrogen and oxygen atoms in total. The minimum absolute atomic E-state index is 0.0938. The highest BCUT2D eigenvalue weighted by Gasteiger charge is 2.19. The SMILES string of the molecule is COc1cc(C=NNC(=O)c2cccc(NC(=O)c3ccc(Cl)cc3Cl)c2)ccc1OC(=O)c1ccc2c(c1)OCO2. The highest BCUT2D eigenvalue weighted by Crippen LogP contribution is 2.34. The van der Waals surface area contributed by atoms with Crippen LogP contribution in [0.5, 0.6) is 23.0 Å². The van der Waals surface area contributed by atoms with Gasteiger partial charge in [-0.3, -0.25) is 9.59 Å². The molecule has 0 spiro atoms. The van der Waals surface area contributed by atoms with Crippen LogP contribution in [0.4, 0.5) is 5.69 Å². The molecule has 0 saturated carbocycles. The van der Waals surface area contributed by atoms with Gasteiger partial charge in [-0.25, -0.2) is 10.2 Å². The summed E-state index contributed by atoms with van der Waals surface area (Å²) in [6, 6.07) is 20.4. The first-order chi connectivity index (χ1) is 20.3. The molecule has 4 aromatic carbocycles. The smallest absolute Gasteiger partial charge is 0.343 e. The highest BCUT2D eigenvalue weighted by molar-refractivity contribution is 6.37. The number of carbonyl (C=O) groups is 3. The van der Waals surface area contributed by atoms with E-state index in [4.69, 9.17) is 42.1 Å². The van der Waals surface area contributed by atoms with Crippen molar-refractivity contribution in [3.05, 3.63) is 111 Å². The molecule has 0 saturated heterocycles. The Bertz CT molecular complexity index is 1730. The van der Waals surface area contributed by atoms with Gasteiger partial charge in [-0.2, -0.15) is 5.10 Å². The molecule has 0 unspecified atom stereocenters. The summed E-state index contributed by atoms with van der Waals surface area (Å²) in [6.45, 7) is 0.0938. The predicted octanol–water partition coefficient (Wildman–Crippen LogP) is 5.97. The Morgan fingerprint density at radius 2 is 1.69 bits per heavy atom. The summed E-state index contributed by atoms with van der Waals surface area (Å²) >= 11 is 12.0. The molecule has 2 N–H and O–H groups in total. The number of methoxy groups -OCH3 is 1. The van der Waals surface area contributed by atoms with Crippen molar-refractivity contribution in [3.8, 4) is 23.0 Å². The van der Waals surface area contributed by atoms with Gasteiger partial charge in [0.2, 0.25) is 6.79 Å². The maximum Gasteiger partial charge on any atom is 0.343 e. The van der Waals surface area contributed by atoms with Gasteiger partial charge in [0.25, 0.3) is 11.8 Å². The first kappa shape index (κ1) is 28.5. The van der Waals surface area contributed by atoms with Crippen molar-refractivity contribution in [1.29, 1.82) is 0 Å². The summed E-state index contributed by atoms with van der Waals surface area (Å²) in [5.74, 6) is -0.0683. The summed E-state index contributed by atoms with van der Waals surface area (Å²) in [5, 5.41) is 7.31. The number of nitrogens with one attached hydrogen (secondary N) is 2. The summed E-state index contributed by atoms with van der Waals surface area (Å²) in [7, 11) is 1.43. The van der Waals surface area contributed by atoms with E-state index in [9.17, 15) is 14.4 Å². The molecule has 0 fully saturated rings. The zero-order chi connectivity index (χ0) is 29.6. The van der Waals surface area contributed by atoms with Crippen LogP contribution in [-0.4, -0.2) is 37.9 Å². The van der Waals surface area contributed by atoms with Crippen molar-refractivity contribution in [1.82, 2.24) is 5.43 Å². The number of carbonyl (C=O) groups excluding carboxylic acids is 3. The van der Waals surface area contributed by atoms with Crippen LogP contribution in [0.2, 0.25) is 10.0 Å². The maximum absolute atomic E-state index is 12.7. The number of anilines is 1. The monoisotopic (exact) mass is 605 g/mol. The first-order valence-corrected chi connectivity index (χ1v) is 13.1. The zero-order valence-electron chi connectivity index (χ0n) is 21.9. The van der Waals surface area contributed by atoms with E-state index in [1.165, 1.54) is 31.5 Å². The van der Waals surface area contributed by atoms with Crippen molar-refractivity contribution in [2.24, 2.45) is 5.10 Å². The third-order valence-electron chi connectivity index (χ3n) is 5.94. The Kier molecular flexibility index (Phi) is 8.56. The Morgan fingerprint density at radius 3 is 2.50 bits per heavy atom. The molecule has 4 aromatic rings. The minimum Gasteiger partial charge on any atom is -0.493 e. The molecule has 5 rings (SSSR count). The van der Waals surface area contributed by atoms with E-state index in [-0.39, 0.29) is 40.0 Å². The number of hydrogen-bond acceptors (Lipinski definition) is 8. The fourth-order valence-corrected chi connectivity index (χ4v) is 4.37. The molecule has 212 valence electrons. The number of benzene rings is 4. The van der Waals surface area contributed by atoms with Crippen LogP contribution in [0, 0.1) is 0 Å². The number of amides is 2. The van der Waals surface area contributed by atoms with Crippen molar-refractivity contribution in [2.45, 2.75) is 0 Å². The molecule has 0 atom stereocenters. The molecule has 0 aliphatic carbocycles. The highest BCUT2D eigenvalue weighted by atomic mass is 35.5. The Morgan fingerprint density at radius 1 is 0.857 bits per heavy atom. The van der Waals surface area contributed by atoms with Crippen LogP contribution >= 0.6 is 23.2 Å². The van der Waals surface area contributed by atoms with Crippen molar-refractivity contribution in [3.63, 3.8) is 0 Å². The number of hydrazone groups is 1. The van der Waals surface area contributed by atoms with Crippen molar-refractivity contribution >= 4 is 52.9 Å². The first-order valence-electron chi connectivity index (χ1n) is 12.3. The molecule has 1 aliphatic rings. The van der Waals surface area contributed by atoms with Gasteiger partial charge >= 0.3 is 5.97 Å². The second kappa shape index (κ2) is 12.6. The van der Waals surface area contributed by atoms with Gasteiger partial charge in [-0.15, -0.1) is 0 Å². The van der Waals surface area contributed by atoms with Crippen LogP contribution in [0.3, 0.4) is 0 Å². The van der Waals surface area contributed by atoms with Crippen LogP contribution < -0.4 is 29.7 Å². The third-order valence-corrected chi connectivity index (χ3v) is 6.48. The Balaban J connectivity index is 1.20. The summed E-state index contributed by atoms with van der Waals surface area (Å²) in [6.07, 6.45) is 1.40. The normalized spacial score (nSPS) is 11.7. The van der Waals surface area contributed by atoms with Crippen LogP contribution in [0.1, 0.15) is 36.6 Å². The molecule has 0 bridgehead atoms. The van der Waals surface area contributed by atoms with Gasteiger partial charge in [0, 0.05) is 16.3 Å². The molecule has 42 heavy (non-hydrogen) atoms. The summed E-state index contributed by atoms with van der Waals surface area (Å²) in [4.78, 5) is 37.9. The number of nitrogens with zero attached hydrogens (tertiary/aromatic N) is 1. The number of esters is 1. The van der Waals surface area contributed by atoms with Gasteiger partial charge in [-0.1, -0.05) is 29.3 Å². The van der Waals surface area contributed by atoms with E-state index in [1.807, 2.05) is 0 Å². The third kappa shape index (κ3) is 6.63. The zero-order valence-corrected chi connectivity index (χ0v) is 23.4. The molecule has 0 radical (unpaired) electrons. The Labute approximate surface area is 249 Å². The largest absolute Gasteiger partial charge is 0.493 e. The lowest BCUT2D eigenvalue weighted by Crippen LogP contribution is -2.18. The van der Waals surface area contributed by atoms with Gasteiger partial charge in [0.1, 0.15) is 0 Å². The number of ether oxygens (including phenoxy) is 4. The average Bonchev–Trinajstić information content (AvgIpc) is 3.46. The maximum atomic E-state index is 12.7. The molecule has 0 aromatic heterocycles. The van der Waals surface area contributed by atoms with E-state index in [1.54, 1.807) is 60.7 Å². The molecule has 1 heterocycles. The lowest BCUT2D eigenvalue weighted by atomic mass is 10.1.